The average molecular weight is 223 g/mol. The van der Waals surface area contributed by atoms with Gasteiger partial charge in [-0.05, 0) is 37.6 Å². The Kier molecular flexibility index (Phi) is 4.57. The molecule has 86 valence electrons. The first-order chi connectivity index (χ1) is 7.61. The second-order valence-electron chi connectivity index (χ2n) is 3.44. The van der Waals surface area contributed by atoms with E-state index in [1.165, 1.54) is 24.3 Å². The van der Waals surface area contributed by atoms with E-state index < -0.39 is 6.03 Å². The molecule has 1 aromatic carbocycles. The van der Waals surface area contributed by atoms with E-state index in [0.717, 1.165) is 6.42 Å². The topological polar surface area (TPSA) is 53.8 Å². The molecule has 0 aromatic heterocycles. The molecule has 1 rings (SSSR count). The van der Waals surface area contributed by atoms with Gasteiger partial charge >= 0.3 is 6.03 Å². The molecule has 2 amide bonds. The monoisotopic (exact) mass is 223 g/mol. The predicted molar refractivity (Wildman–Crippen MR) is 59.2 cm³/mol. The molecule has 0 aliphatic carbocycles. The largest absolute Gasteiger partial charge is 0.359 e. The molecule has 0 heterocycles. The van der Waals surface area contributed by atoms with Crippen molar-refractivity contribution < 1.29 is 9.18 Å². The zero-order valence-corrected chi connectivity index (χ0v) is 9.27. The second kappa shape index (κ2) is 5.95. The van der Waals surface area contributed by atoms with Crippen LogP contribution < -0.4 is 5.32 Å². The van der Waals surface area contributed by atoms with E-state index in [2.05, 4.69) is 15.5 Å². The number of azo groups is 1. The van der Waals surface area contributed by atoms with Gasteiger partial charge in [-0.1, -0.05) is 12.0 Å². The average Bonchev–Trinajstić information content (AvgIpc) is 2.28. The van der Waals surface area contributed by atoms with Crippen molar-refractivity contribution in [3.05, 3.63) is 30.1 Å². The van der Waals surface area contributed by atoms with Gasteiger partial charge in [-0.3, -0.25) is 0 Å². The van der Waals surface area contributed by atoms with Crippen LogP contribution in [0.4, 0.5) is 14.9 Å². The van der Waals surface area contributed by atoms with E-state index in [0.29, 0.717) is 5.69 Å². The molecule has 0 fully saturated rings. The number of nitrogens with zero attached hydrogens (tertiary/aromatic N) is 2. The lowest BCUT2D eigenvalue weighted by molar-refractivity contribution is 0.244. The standard InChI is InChI=1S/C11H14FN3O/c1-3-8(2)13-11(16)15-14-10-6-4-9(12)5-7-10/h4-8H,3H2,1-2H3,(H,13,16). The predicted octanol–water partition coefficient (Wildman–Crippen LogP) is 3.42. The highest BCUT2D eigenvalue weighted by molar-refractivity contribution is 5.74. The molecule has 0 radical (unpaired) electrons. The van der Waals surface area contributed by atoms with Crippen molar-refractivity contribution in [1.82, 2.24) is 5.32 Å². The number of urea groups is 1. The van der Waals surface area contributed by atoms with Gasteiger partial charge in [-0.15, -0.1) is 5.11 Å². The van der Waals surface area contributed by atoms with Gasteiger partial charge in [-0.2, -0.15) is 0 Å². The smallest absolute Gasteiger partial charge is 0.332 e. The summed E-state index contributed by atoms with van der Waals surface area (Å²) in [5.41, 5.74) is 0.445. The molecule has 0 saturated carbocycles. The number of nitrogens with one attached hydrogen (secondary N) is 1. The van der Waals surface area contributed by atoms with E-state index >= 15 is 0 Å². The minimum atomic E-state index is -0.487. The number of carbonyl (C=O) groups excluding carboxylic acids is 1. The minimum Gasteiger partial charge on any atom is -0.332 e. The number of hydrogen-bond acceptors (Lipinski definition) is 2. The van der Waals surface area contributed by atoms with Crippen molar-refractivity contribution in [3.8, 4) is 0 Å². The van der Waals surface area contributed by atoms with Crippen LogP contribution in [0.3, 0.4) is 0 Å². The number of halogens is 1. The van der Waals surface area contributed by atoms with Gasteiger partial charge in [0.1, 0.15) is 5.82 Å². The van der Waals surface area contributed by atoms with Gasteiger partial charge in [0.05, 0.1) is 5.69 Å². The molecule has 0 saturated heterocycles. The van der Waals surface area contributed by atoms with E-state index in [-0.39, 0.29) is 11.9 Å². The molecular formula is C11H14FN3O. The fourth-order valence-electron chi connectivity index (χ4n) is 0.953. The number of benzene rings is 1. The Morgan fingerprint density at radius 3 is 2.62 bits per heavy atom. The summed E-state index contributed by atoms with van der Waals surface area (Å²) in [6.07, 6.45) is 0.831. The molecule has 16 heavy (non-hydrogen) atoms. The molecule has 0 spiro atoms. The van der Waals surface area contributed by atoms with Crippen LogP contribution >= 0.6 is 0 Å². The summed E-state index contributed by atoms with van der Waals surface area (Å²) in [7, 11) is 0. The Morgan fingerprint density at radius 1 is 1.44 bits per heavy atom. The van der Waals surface area contributed by atoms with Crippen LogP contribution in [0.2, 0.25) is 0 Å². The van der Waals surface area contributed by atoms with Crippen LogP contribution in [-0.4, -0.2) is 12.1 Å². The summed E-state index contributed by atoms with van der Waals surface area (Å²) < 4.78 is 12.6. The zero-order chi connectivity index (χ0) is 12.0. The number of hydrogen-bond donors (Lipinski definition) is 1. The second-order valence-corrected chi connectivity index (χ2v) is 3.44. The van der Waals surface area contributed by atoms with E-state index in [1.54, 1.807) is 0 Å². The Bertz CT molecular complexity index is 375. The van der Waals surface area contributed by atoms with Crippen molar-refractivity contribution in [1.29, 1.82) is 0 Å². The minimum absolute atomic E-state index is 0.0691. The lowest BCUT2D eigenvalue weighted by Crippen LogP contribution is -2.29. The summed E-state index contributed by atoms with van der Waals surface area (Å²) in [6.45, 7) is 3.84. The molecule has 1 unspecified atom stereocenters. The van der Waals surface area contributed by atoms with Gasteiger partial charge in [-0.25, -0.2) is 9.18 Å². The summed E-state index contributed by atoms with van der Waals surface area (Å²) >= 11 is 0. The quantitative estimate of drug-likeness (QED) is 0.784. The summed E-state index contributed by atoms with van der Waals surface area (Å²) in [5, 5.41) is 9.78. The van der Waals surface area contributed by atoms with Gasteiger partial charge in [0.25, 0.3) is 0 Å². The third kappa shape index (κ3) is 4.16. The van der Waals surface area contributed by atoms with Crippen molar-refractivity contribution >= 4 is 11.7 Å². The maximum Gasteiger partial charge on any atom is 0.359 e. The molecular weight excluding hydrogens is 209 g/mol. The van der Waals surface area contributed by atoms with Crippen LogP contribution in [0, 0.1) is 5.82 Å². The van der Waals surface area contributed by atoms with E-state index in [4.69, 9.17) is 0 Å². The van der Waals surface area contributed by atoms with Gasteiger partial charge < -0.3 is 5.32 Å². The molecule has 5 heteroatoms. The lowest BCUT2D eigenvalue weighted by Gasteiger charge is -2.06. The molecule has 0 bridgehead atoms. The first-order valence-electron chi connectivity index (χ1n) is 5.09. The Hall–Kier alpha value is -1.78. The van der Waals surface area contributed by atoms with Crippen LogP contribution in [0.25, 0.3) is 0 Å². The fourth-order valence-corrected chi connectivity index (χ4v) is 0.953. The molecule has 1 N–H and O–H groups in total. The van der Waals surface area contributed by atoms with Gasteiger partial charge in [0.15, 0.2) is 0 Å². The third-order valence-corrected chi connectivity index (χ3v) is 2.07. The zero-order valence-electron chi connectivity index (χ0n) is 9.27. The molecule has 0 aliphatic rings. The maximum absolute atomic E-state index is 12.6. The molecule has 1 atom stereocenters. The van der Waals surface area contributed by atoms with Gasteiger partial charge in [0.2, 0.25) is 0 Å². The highest BCUT2D eigenvalue weighted by Crippen LogP contribution is 2.12. The van der Waals surface area contributed by atoms with Crippen molar-refractivity contribution in [3.63, 3.8) is 0 Å². The SMILES string of the molecule is CCC(C)NC(=O)N=Nc1ccc(F)cc1. The Morgan fingerprint density at radius 2 is 2.06 bits per heavy atom. The first-order valence-corrected chi connectivity index (χ1v) is 5.09. The Balaban J connectivity index is 2.53. The number of rotatable bonds is 3. The third-order valence-electron chi connectivity index (χ3n) is 2.07. The highest BCUT2D eigenvalue weighted by atomic mass is 19.1. The Labute approximate surface area is 93.6 Å². The normalized spacial score (nSPS) is 12.7. The number of amides is 2. The van der Waals surface area contributed by atoms with E-state index in [1.807, 2.05) is 13.8 Å². The summed E-state index contributed by atoms with van der Waals surface area (Å²) in [4.78, 5) is 11.2. The molecule has 0 aliphatic heterocycles. The van der Waals surface area contributed by atoms with Crippen molar-refractivity contribution in [2.45, 2.75) is 26.3 Å². The highest BCUT2D eigenvalue weighted by Gasteiger charge is 2.02. The molecule has 4 nitrogen and oxygen atoms in total. The summed E-state index contributed by atoms with van der Waals surface area (Å²) in [5.74, 6) is -0.344. The van der Waals surface area contributed by atoms with Crippen molar-refractivity contribution in [2.75, 3.05) is 0 Å². The van der Waals surface area contributed by atoms with Gasteiger partial charge in [0, 0.05) is 6.04 Å². The lowest BCUT2D eigenvalue weighted by atomic mass is 10.3. The molecule has 1 aromatic rings. The summed E-state index contributed by atoms with van der Waals surface area (Å²) in [6, 6.07) is 5.02. The van der Waals surface area contributed by atoms with Crippen LogP contribution in [0.5, 0.6) is 0 Å². The first kappa shape index (κ1) is 12.3. The van der Waals surface area contributed by atoms with Crippen LogP contribution in [-0.2, 0) is 0 Å². The van der Waals surface area contributed by atoms with Crippen LogP contribution in [0.15, 0.2) is 34.5 Å². The van der Waals surface area contributed by atoms with Crippen LogP contribution in [0.1, 0.15) is 20.3 Å². The number of carbonyl (C=O) groups is 1. The maximum atomic E-state index is 12.6. The van der Waals surface area contributed by atoms with E-state index in [9.17, 15) is 9.18 Å². The fraction of sp³-hybridized carbons (Fsp3) is 0.364. The van der Waals surface area contributed by atoms with Crippen molar-refractivity contribution in [2.24, 2.45) is 10.2 Å².